The highest BCUT2D eigenvalue weighted by Crippen LogP contribution is 2.28. The number of rotatable bonds is 2. The predicted octanol–water partition coefficient (Wildman–Crippen LogP) is 5.66. The first-order valence-corrected chi connectivity index (χ1v) is 8.03. The molecule has 0 saturated carbocycles. The molecule has 0 aromatic heterocycles. The summed E-state index contributed by atoms with van der Waals surface area (Å²) in [5.74, 6) is 0.806. The van der Waals surface area contributed by atoms with Crippen molar-refractivity contribution < 1.29 is 4.79 Å². The van der Waals surface area contributed by atoms with Gasteiger partial charge in [0.2, 0.25) is 0 Å². The van der Waals surface area contributed by atoms with Crippen molar-refractivity contribution in [3.8, 4) is 0 Å². The lowest BCUT2D eigenvalue weighted by Crippen LogP contribution is -2.00. The van der Waals surface area contributed by atoms with Gasteiger partial charge >= 0.3 is 0 Å². The van der Waals surface area contributed by atoms with E-state index in [0.717, 1.165) is 5.56 Å². The first-order chi connectivity index (χ1) is 9.77. The third-order valence-corrected chi connectivity index (χ3v) is 4.31. The minimum absolute atomic E-state index is 0.155. The molecule has 0 aliphatic heterocycles. The maximum Gasteiger partial charge on any atom is 0.159 e. The lowest BCUT2D eigenvalue weighted by molar-refractivity contribution is 0.101. The zero-order valence-electron chi connectivity index (χ0n) is 12.6. The summed E-state index contributed by atoms with van der Waals surface area (Å²) in [7, 11) is 0. The van der Waals surface area contributed by atoms with Gasteiger partial charge in [-0.25, -0.2) is 0 Å². The Morgan fingerprint density at radius 3 is 2.35 bits per heavy atom. The van der Waals surface area contributed by atoms with Crippen molar-refractivity contribution >= 4 is 5.78 Å². The Balaban J connectivity index is 2.04. The molecule has 0 amide bonds. The largest absolute Gasteiger partial charge is 0.295 e. The molecular weight excluding hydrogens is 244 g/mol. The molecule has 0 saturated heterocycles. The van der Waals surface area contributed by atoms with Gasteiger partial charge in [-0.05, 0) is 50.5 Å². The molecule has 0 spiro atoms. The molecule has 2 rings (SSSR count). The lowest BCUT2D eigenvalue weighted by Gasteiger charge is -2.17. The molecule has 1 nitrogen and oxygen atoms in total. The number of Topliss-reactive ketones (excluding diaryl/α,β-unsaturated/α-hetero) is 1. The average Bonchev–Trinajstić information content (AvgIpc) is 2.52. The molecule has 0 fully saturated rings. The van der Waals surface area contributed by atoms with E-state index >= 15 is 0 Å². The van der Waals surface area contributed by atoms with Gasteiger partial charge in [0.25, 0.3) is 0 Å². The number of allylic oxidation sites excluding steroid dienone is 2. The van der Waals surface area contributed by atoms with E-state index < -0.39 is 0 Å². The monoisotopic (exact) mass is 270 g/mol. The van der Waals surface area contributed by atoms with E-state index in [-0.39, 0.29) is 5.78 Å². The number of hydrogen-bond acceptors (Lipinski definition) is 1. The van der Waals surface area contributed by atoms with Crippen molar-refractivity contribution in [3.05, 3.63) is 47.5 Å². The van der Waals surface area contributed by atoms with Crippen LogP contribution in [-0.2, 0) is 0 Å². The van der Waals surface area contributed by atoms with Crippen LogP contribution in [0.5, 0.6) is 0 Å². The van der Waals surface area contributed by atoms with Crippen LogP contribution in [-0.4, -0.2) is 5.78 Å². The third kappa shape index (κ3) is 4.63. The van der Waals surface area contributed by atoms with Crippen molar-refractivity contribution in [2.24, 2.45) is 0 Å². The quantitative estimate of drug-likeness (QED) is 0.500. The molecule has 1 heteroatoms. The molecule has 1 aromatic rings. The molecule has 20 heavy (non-hydrogen) atoms. The lowest BCUT2D eigenvalue weighted by atomic mass is 9.88. The Labute approximate surface area is 123 Å². The second-order valence-corrected chi connectivity index (χ2v) is 5.92. The van der Waals surface area contributed by atoms with E-state index in [1.54, 1.807) is 6.92 Å². The Hall–Kier alpha value is -1.37. The van der Waals surface area contributed by atoms with E-state index in [1.165, 1.54) is 56.9 Å². The number of carbonyl (C=O) groups excluding carboxylic acids is 1. The minimum Gasteiger partial charge on any atom is -0.295 e. The smallest absolute Gasteiger partial charge is 0.159 e. The molecule has 0 heterocycles. The van der Waals surface area contributed by atoms with Gasteiger partial charge in [0.05, 0.1) is 0 Å². The summed E-state index contributed by atoms with van der Waals surface area (Å²) in [4.78, 5) is 11.3. The van der Waals surface area contributed by atoms with Gasteiger partial charge < -0.3 is 0 Å². The van der Waals surface area contributed by atoms with Crippen LogP contribution in [0, 0.1) is 0 Å². The number of ketones is 1. The number of hydrogen-bond donors (Lipinski definition) is 0. The van der Waals surface area contributed by atoms with Crippen LogP contribution in [0.1, 0.15) is 80.1 Å². The van der Waals surface area contributed by atoms with Crippen LogP contribution < -0.4 is 0 Å². The topological polar surface area (TPSA) is 17.1 Å². The molecule has 0 bridgehead atoms. The fourth-order valence-electron chi connectivity index (χ4n) is 3.01. The van der Waals surface area contributed by atoms with Gasteiger partial charge in [0.1, 0.15) is 0 Å². The first-order valence-electron chi connectivity index (χ1n) is 8.03. The van der Waals surface area contributed by atoms with Crippen molar-refractivity contribution in [2.45, 2.75) is 64.2 Å². The maximum absolute atomic E-state index is 11.3. The highest BCUT2D eigenvalue weighted by atomic mass is 16.1. The van der Waals surface area contributed by atoms with Crippen LogP contribution in [0.15, 0.2) is 36.4 Å². The van der Waals surface area contributed by atoms with E-state index in [1.807, 2.05) is 12.1 Å². The van der Waals surface area contributed by atoms with Gasteiger partial charge in [-0.1, -0.05) is 55.7 Å². The fraction of sp³-hybridized carbons (Fsp3) is 0.526. The molecule has 0 N–H and O–H groups in total. The van der Waals surface area contributed by atoms with E-state index in [2.05, 4.69) is 24.3 Å². The summed E-state index contributed by atoms with van der Waals surface area (Å²) in [5.41, 5.74) is 2.23. The number of benzene rings is 1. The summed E-state index contributed by atoms with van der Waals surface area (Å²) in [6.45, 7) is 1.63. The van der Waals surface area contributed by atoms with Crippen LogP contribution in [0.3, 0.4) is 0 Å². The zero-order chi connectivity index (χ0) is 14.2. The third-order valence-electron chi connectivity index (χ3n) is 4.31. The molecule has 1 atom stereocenters. The normalized spacial score (nSPS) is 22.8. The van der Waals surface area contributed by atoms with Crippen molar-refractivity contribution in [1.29, 1.82) is 0 Å². The maximum atomic E-state index is 11.3. The van der Waals surface area contributed by atoms with Gasteiger partial charge in [-0.3, -0.25) is 4.79 Å². The average molecular weight is 270 g/mol. The number of carbonyl (C=O) groups is 1. The van der Waals surface area contributed by atoms with Gasteiger partial charge in [-0.15, -0.1) is 0 Å². The van der Waals surface area contributed by atoms with Crippen LogP contribution in [0.4, 0.5) is 0 Å². The standard InChI is InChI=1S/C19H26O/c1-16(20)17-12-14-19(15-13-17)18-10-8-6-4-2-3-5-7-9-11-18/h4,6,12-15,18H,2-3,5,7-11H2,1H3/b6-4-. The Kier molecular flexibility index (Phi) is 6.04. The first kappa shape index (κ1) is 15.0. The highest BCUT2D eigenvalue weighted by Gasteiger charge is 2.11. The summed E-state index contributed by atoms with van der Waals surface area (Å²) >= 11 is 0. The van der Waals surface area contributed by atoms with E-state index in [4.69, 9.17) is 0 Å². The van der Waals surface area contributed by atoms with E-state index in [9.17, 15) is 4.79 Å². The van der Waals surface area contributed by atoms with Crippen LogP contribution in [0.2, 0.25) is 0 Å². The summed E-state index contributed by atoms with van der Waals surface area (Å²) in [6, 6.07) is 8.28. The van der Waals surface area contributed by atoms with Crippen molar-refractivity contribution in [2.75, 3.05) is 0 Å². The molecule has 108 valence electrons. The summed E-state index contributed by atoms with van der Waals surface area (Å²) in [5, 5.41) is 0. The van der Waals surface area contributed by atoms with Gasteiger partial charge in [0, 0.05) is 5.56 Å². The zero-order valence-corrected chi connectivity index (χ0v) is 12.6. The van der Waals surface area contributed by atoms with Gasteiger partial charge in [0.15, 0.2) is 5.78 Å². The highest BCUT2D eigenvalue weighted by molar-refractivity contribution is 5.94. The van der Waals surface area contributed by atoms with Crippen molar-refractivity contribution in [3.63, 3.8) is 0 Å². The predicted molar refractivity (Wildman–Crippen MR) is 85.3 cm³/mol. The summed E-state index contributed by atoms with van der Waals surface area (Å²) < 4.78 is 0. The van der Waals surface area contributed by atoms with Crippen molar-refractivity contribution in [1.82, 2.24) is 0 Å². The Morgan fingerprint density at radius 1 is 0.900 bits per heavy atom. The van der Waals surface area contributed by atoms with Crippen LogP contribution in [0.25, 0.3) is 0 Å². The molecule has 0 radical (unpaired) electrons. The molecule has 1 aliphatic rings. The Bertz CT molecular complexity index is 441. The van der Waals surface area contributed by atoms with Crippen LogP contribution >= 0.6 is 0 Å². The molecule has 1 aromatic carbocycles. The van der Waals surface area contributed by atoms with Gasteiger partial charge in [-0.2, -0.15) is 0 Å². The second-order valence-electron chi connectivity index (χ2n) is 5.92. The molecule has 1 aliphatic carbocycles. The minimum atomic E-state index is 0.155. The molecule has 1 unspecified atom stereocenters. The summed E-state index contributed by atoms with van der Waals surface area (Å²) in [6.07, 6.45) is 15.0. The second kappa shape index (κ2) is 8.04. The fourth-order valence-corrected chi connectivity index (χ4v) is 3.01. The Morgan fingerprint density at radius 2 is 1.60 bits per heavy atom. The molecular formula is C19H26O. The SMILES string of the molecule is CC(=O)c1ccc(C2CC/C=C\CCCCCC2)cc1. The van der Waals surface area contributed by atoms with E-state index in [0.29, 0.717) is 5.92 Å².